The maximum atomic E-state index is 12.8. The molecule has 0 spiro atoms. The zero-order valence-corrected chi connectivity index (χ0v) is 16.7. The lowest BCUT2D eigenvalue weighted by Gasteiger charge is -2.05. The maximum Gasteiger partial charge on any atom is 0.185 e. The number of allylic oxidation sites excluding steroid dienone is 2. The predicted molar refractivity (Wildman–Crippen MR) is 114 cm³/mol. The Morgan fingerprint density at radius 3 is 1.50 bits per heavy atom. The molecule has 3 fully saturated rings. The molecule has 0 bridgehead atoms. The smallest absolute Gasteiger partial charge is 0.185 e. The van der Waals surface area contributed by atoms with E-state index in [1.165, 1.54) is 0 Å². The van der Waals surface area contributed by atoms with Crippen LogP contribution in [0.1, 0.15) is 24.0 Å². The molecule has 2 atom stereocenters. The van der Waals surface area contributed by atoms with Crippen LogP contribution in [0, 0.1) is 0 Å². The molecule has 5 heteroatoms. The number of carbonyl (C=O) groups is 1. The van der Waals surface area contributed by atoms with Gasteiger partial charge in [-0.25, -0.2) is 0 Å². The molecule has 0 amide bonds. The lowest BCUT2D eigenvalue weighted by atomic mass is 10.1. The van der Waals surface area contributed by atoms with Crippen molar-refractivity contribution in [3.05, 3.63) is 70.8 Å². The molecule has 154 valence electrons. The van der Waals surface area contributed by atoms with Crippen LogP contribution >= 0.6 is 0 Å². The van der Waals surface area contributed by atoms with E-state index in [4.69, 9.17) is 18.9 Å². The molecular formula is C25H24O5. The number of rotatable bonds is 8. The van der Waals surface area contributed by atoms with Crippen LogP contribution in [0.3, 0.4) is 0 Å². The number of hydrogen-bond acceptors (Lipinski definition) is 5. The Labute approximate surface area is 175 Å². The average molecular weight is 404 g/mol. The summed E-state index contributed by atoms with van der Waals surface area (Å²) >= 11 is 0. The Bertz CT molecular complexity index is 884. The second-order valence-electron chi connectivity index (χ2n) is 7.84. The third-order valence-corrected chi connectivity index (χ3v) is 5.37. The lowest BCUT2D eigenvalue weighted by molar-refractivity contribution is -0.111. The van der Waals surface area contributed by atoms with Crippen LogP contribution in [0.15, 0.2) is 59.7 Å². The molecular weight excluding hydrogens is 380 g/mol. The molecule has 1 aliphatic carbocycles. The van der Waals surface area contributed by atoms with Gasteiger partial charge < -0.3 is 18.9 Å². The molecule has 0 N–H and O–H groups in total. The minimum atomic E-state index is 0.132. The van der Waals surface area contributed by atoms with Crippen molar-refractivity contribution in [2.75, 3.05) is 26.4 Å². The highest BCUT2D eigenvalue weighted by Gasteiger charge is 2.24. The quantitative estimate of drug-likeness (QED) is 0.490. The first-order valence-corrected chi connectivity index (χ1v) is 10.4. The largest absolute Gasteiger partial charge is 0.491 e. The van der Waals surface area contributed by atoms with Gasteiger partial charge in [0.25, 0.3) is 0 Å². The molecule has 2 aliphatic heterocycles. The summed E-state index contributed by atoms with van der Waals surface area (Å²) in [5, 5.41) is 0. The van der Waals surface area contributed by atoms with E-state index in [-0.39, 0.29) is 18.0 Å². The minimum Gasteiger partial charge on any atom is -0.491 e. The Morgan fingerprint density at radius 2 is 1.13 bits per heavy atom. The van der Waals surface area contributed by atoms with Gasteiger partial charge in [0.05, 0.1) is 13.2 Å². The van der Waals surface area contributed by atoms with Crippen molar-refractivity contribution in [3.63, 3.8) is 0 Å². The lowest BCUT2D eigenvalue weighted by Crippen LogP contribution is -2.03. The highest BCUT2D eigenvalue weighted by Crippen LogP contribution is 2.30. The average Bonchev–Trinajstić information content (AvgIpc) is 3.69. The van der Waals surface area contributed by atoms with E-state index in [0.29, 0.717) is 13.2 Å². The van der Waals surface area contributed by atoms with Crippen molar-refractivity contribution in [1.82, 2.24) is 0 Å². The van der Waals surface area contributed by atoms with E-state index in [0.717, 1.165) is 59.8 Å². The summed E-state index contributed by atoms with van der Waals surface area (Å²) in [4.78, 5) is 12.8. The van der Waals surface area contributed by atoms with Crippen LogP contribution in [0.25, 0.3) is 12.2 Å². The zero-order chi connectivity index (χ0) is 20.3. The molecule has 2 aromatic carbocycles. The second-order valence-corrected chi connectivity index (χ2v) is 7.84. The van der Waals surface area contributed by atoms with Crippen molar-refractivity contribution in [2.45, 2.75) is 25.0 Å². The van der Waals surface area contributed by atoms with E-state index in [1.807, 2.05) is 60.7 Å². The first kappa shape index (κ1) is 19.1. The van der Waals surface area contributed by atoms with Gasteiger partial charge in [0.1, 0.15) is 36.9 Å². The summed E-state index contributed by atoms with van der Waals surface area (Å²) < 4.78 is 21.6. The van der Waals surface area contributed by atoms with E-state index < -0.39 is 0 Å². The number of ether oxygens (including phenoxy) is 4. The van der Waals surface area contributed by atoms with E-state index in [2.05, 4.69) is 0 Å². The Hall–Kier alpha value is -2.89. The maximum absolute atomic E-state index is 12.8. The van der Waals surface area contributed by atoms with Crippen LogP contribution in [-0.4, -0.2) is 44.4 Å². The molecule has 1 saturated carbocycles. The first-order chi connectivity index (χ1) is 14.7. The fourth-order valence-electron chi connectivity index (χ4n) is 3.41. The third kappa shape index (κ3) is 4.99. The Kier molecular flexibility index (Phi) is 5.39. The van der Waals surface area contributed by atoms with Gasteiger partial charge in [-0.3, -0.25) is 4.79 Å². The van der Waals surface area contributed by atoms with E-state index in [1.54, 1.807) is 0 Å². The Morgan fingerprint density at radius 1 is 0.733 bits per heavy atom. The summed E-state index contributed by atoms with van der Waals surface area (Å²) in [5.74, 6) is 1.78. The predicted octanol–water partition coefficient (Wildman–Crippen LogP) is 4.07. The summed E-state index contributed by atoms with van der Waals surface area (Å²) in [6.45, 7) is 2.76. The van der Waals surface area contributed by atoms with Crippen LogP contribution in [-0.2, 0) is 14.3 Å². The first-order valence-electron chi connectivity index (χ1n) is 10.4. The van der Waals surface area contributed by atoms with Gasteiger partial charge >= 0.3 is 0 Å². The van der Waals surface area contributed by atoms with Gasteiger partial charge in [-0.1, -0.05) is 24.3 Å². The van der Waals surface area contributed by atoms with Gasteiger partial charge in [0.2, 0.25) is 0 Å². The van der Waals surface area contributed by atoms with Gasteiger partial charge in [-0.05, 0) is 60.4 Å². The van der Waals surface area contributed by atoms with Crippen molar-refractivity contribution >= 4 is 17.9 Å². The van der Waals surface area contributed by atoms with Crippen molar-refractivity contribution in [2.24, 2.45) is 0 Å². The topological polar surface area (TPSA) is 60.6 Å². The molecule has 5 nitrogen and oxygen atoms in total. The number of ketones is 1. The number of epoxide rings is 2. The summed E-state index contributed by atoms with van der Waals surface area (Å²) in [7, 11) is 0. The highest BCUT2D eigenvalue weighted by molar-refractivity contribution is 6.15. The molecule has 5 rings (SSSR count). The fourth-order valence-corrected chi connectivity index (χ4v) is 3.41. The molecule has 0 aromatic heterocycles. The minimum absolute atomic E-state index is 0.132. The molecule has 0 radical (unpaired) electrons. The highest BCUT2D eigenvalue weighted by atomic mass is 16.6. The normalized spacial score (nSPS) is 25.0. The van der Waals surface area contributed by atoms with Crippen molar-refractivity contribution in [3.8, 4) is 11.5 Å². The number of hydrogen-bond donors (Lipinski definition) is 0. The number of carbonyl (C=O) groups excluding carboxylic acids is 1. The fraction of sp³-hybridized carbons (Fsp3) is 0.320. The van der Waals surface area contributed by atoms with E-state index in [9.17, 15) is 4.79 Å². The van der Waals surface area contributed by atoms with Gasteiger partial charge in [0, 0.05) is 11.1 Å². The van der Waals surface area contributed by atoms with Crippen LogP contribution in [0.5, 0.6) is 11.5 Å². The van der Waals surface area contributed by atoms with Crippen LogP contribution < -0.4 is 9.47 Å². The molecule has 2 aromatic rings. The number of benzene rings is 2. The molecule has 30 heavy (non-hydrogen) atoms. The number of Topliss-reactive ketones (excluding diaryl/α,β-unsaturated/α-hetero) is 1. The second kappa shape index (κ2) is 8.46. The van der Waals surface area contributed by atoms with Crippen molar-refractivity contribution < 1.29 is 23.7 Å². The van der Waals surface area contributed by atoms with Gasteiger partial charge in [-0.15, -0.1) is 0 Å². The Balaban J connectivity index is 1.20. The third-order valence-electron chi connectivity index (χ3n) is 5.37. The summed E-state index contributed by atoms with van der Waals surface area (Å²) in [6, 6.07) is 15.7. The standard InChI is InChI=1S/C25H24O5/c26-25-19(11-17-1-7-21(8-2-17)27-13-23-15-29-23)5-6-20(25)12-18-3-9-22(10-4-18)28-14-24-16-30-24/h1-4,7-12,23-24H,5-6,13-16H2/b19-11-,20-12+. The molecule has 2 saturated heterocycles. The molecule has 2 heterocycles. The summed E-state index contributed by atoms with van der Waals surface area (Å²) in [5.41, 5.74) is 3.72. The van der Waals surface area contributed by atoms with E-state index >= 15 is 0 Å². The SMILES string of the molecule is O=C1/C(=C\c2ccc(OCC3CO3)cc2)CC/C1=C\c1ccc(OCC2CO2)cc1. The monoisotopic (exact) mass is 404 g/mol. The van der Waals surface area contributed by atoms with Crippen LogP contribution in [0.2, 0.25) is 0 Å². The van der Waals surface area contributed by atoms with Gasteiger partial charge in [0.15, 0.2) is 5.78 Å². The van der Waals surface area contributed by atoms with Crippen molar-refractivity contribution in [1.29, 1.82) is 0 Å². The van der Waals surface area contributed by atoms with Crippen LogP contribution in [0.4, 0.5) is 0 Å². The zero-order valence-electron chi connectivity index (χ0n) is 16.7. The molecule has 3 aliphatic rings. The molecule has 2 unspecified atom stereocenters. The van der Waals surface area contributed by atoms with Gasteiger partial charge in [-0.2, -0.15) is 0 Å². The summed E-state index contributed by atoms with van der Waals surface area (Å²) in [6.07, 6.45) is 5.99.